The maximum atomic E-state index is 13.4. The standard InChI is InChI=1S/C9H5ClFN3OS/c10-5-1-2-6(7(11)3-5)9(15)13-8-4-12-14-16-8/h1-4H,(H,13,15). The first kappa shape index (κ1) is 11.0. The van der Waals surface area contributed by atoms with Crippen LogP contribution >= 0.6 is 23.1 Å². The van der Waals surface area contributed by atoms with E-state index in [1.165, 1.54) is 18.3 Å². The number of anilines is 1. The van der Waals surface area contributed by atoms with E-state index in [9.17, 15) is 9.18 Å². The van der Waals surface area contributed by atoms with Gasteiger partial charge >= 0.3 is 0 Å². The molecule has 1 amide bonds. The number of nitrogens with one attached hydrogen (secondary N) is 1. The zero-order chi connectivity index (χ0) is 11.5. The van der Waals surface area contributed by atoms with Crippen LogP contribution in [0.15, 0.2) is 24.4 Å². The Labute approximate surface area is 99.2 Å². The number of rotatable bonds is 2. The lowest BCUT2D eigenvalue weighted by Gasteiger charge is -2.02. The smallest absolute Gasteiger partial charge is 0.259 e. The lowest BCUT2D eigenvalue weighted by atomic mass is 10.2. The highest BCUT2D eigenvalue weighted by atomic mass is 35.5. The second-order valence-electron chi connectivity index (χ2n) is 2.86. The topological polar surface area (TPSA) is 54.9 Å². The van der Waals surface area contributed by atoms with Crippen molar-refractivity contribution in [2.75, 3.05) is 5.32 Å². The number of nitrogens with zero attached hydrogens (tertiary/aromatic N) is 2. The first-order chi connectivity index (χ1) is 7.66. The van der Waals surface area contributed by atoms with Gasteiger partial charge < -0.3 is 5.32 Å². The molecular weight excluding hydrogens is 253 g/mol. The molecule has 0 spiro atoms. The molecule has 0 fully saturated rings. The summed E-state index contributed by atoms with van der Waals surface area (Å²) in [6.07, 6.45) is 1.39. The molecule has 0 atom stereocenters. The van der Waals surface area contributed by atoms with Crippen LogP contribution in [-0.4, -0.2) is 15.5 Å². The van der Waals surface area contributed by atoms with Crippen LogP contribution in [0.2, 0.25) is 5.02 Å². The maximum absolute atomic E-state index is 13.4. The second-order valence-corrected chi connectivity index (χ2v) is 4.08. The Morgan fingerprint density at radius 3 is 2.94 bits per heavy atom. The molecule has 0 aliphatic rings. The Hall–Kier alpha value is -1.53. The van der Waals surface area contributed by atoms with E-state index in [-0.39, 0.29) is 10.6 Å². The quantitative estimate of drug-likeness (QED) is 0.900. The molecule has 82 valence electrons. The molecule has 0 saturated carbocycles. The first-order valence-corrected chi connectivity index (χ1v) is 5.36. The Kier molecular flexibility index (Phi) is 3.12. The summed E-state index contributed by atoms with van der Waals surface area (Å²) in [6, 6.07) is 3.85. The molecule has 1 aromatic carbocycles. The molecular formula is C9H5ClFN3OS. The van der Waals surface area contributed by atoms with Crippen LogP contribution in [-0.2, 0) is 0 Å². The molecule has 16 heavy (non-hydrogen) atoms. The number of hydrogen-bond acceptors (Lipinski definition) is 4. The van der Waals surface area contributed by atoms with E-state index in [0.29, 0.717) is 5.00 Å². The van der Waals surface area contributed by atoms with Crippen molar-refractivity contribution in [1.82, 2.24) is 9.59 Å². The molecule has 2 aromatic rings. The van der Waals surface area contributed by atoms with Crippen molar-refractivity contribution in [3.05, 3.63) is 40.8 Å². The third-order valence-electron chi connectivity index (χ3n) is 1.77. The lowest BCUT2D eigenvalue weighted by Crippen LogP contribution is -2.12. The largest absolute Gasteiger partial charge is 0.311 e. The van der Waals surface area contributed by atoms with Crippen LogP contribution in [0.1, 0.15) is 10.4 Å². The third kappa shape index (κ3) is 2.34. The van der Waals surface area contributed by atoms with Crippen LogP contribution < -0.4 is 5.32 Å². The summed E-state index contributed by atoms with van der Waals surface area (Å²) in [4.78, 5) is 11.6. The van der Waals surface area contributed by atoms with Crippen LogP contribution in [0.5, 0.6) is 0 Å². The summed E-state index contributed by atoms with van der Waals surface area (Å²) >= 11 is 6.59. The number of halogens is 2. The molecule has 0 unspecified atom stereocenters. The van der Waals surface area contributed by atoms with Crippen molar-refractivity contribution in [3.63, 3.8) is 0 Å². The minimum absolute atomic E-state index is 0.0715. The number of carbonyl (C=O) groups is 1. The molecule has 2 rings (SSSR count). The molecule has 7 heteroatoms. The van der Waals surface area contributed by atoms with Crippen molar-refractivity contribution in [2.24, 2.45) is 0 Å². The van der Waals surface area contributed by atoms with Crippen LogP contribution in [0.4, 0.5) is 9.39 Å². The van der Waals surface area contributed by atoms with E-state index >= 15 is 0 Å². The van der Waals surface area contributed by atoms with E-state index in [4.69, 9.17) is 11.6 Å². The van der Waals surface area contributed by atoms with Crippen molar-refractivity contribution in [1.29, 1.82) is 0 Å². The van der Waals surface area contributed by atoms with Crippen LogP contribution in [0.25, 0.3) is 0 Å². The monoisotopic (exact) mass is 257 g/mol. The Morgan fingerprint density at radius 1 is 1.50 bits per heavy atom. The fraction of sp³-hybridized carbons (Fsp3) is 0. The number of aromatic nitrogens is 2. The summed E-state index contributed by atoms with van der Waals surface area (Å²) < 4.78 is 16.9. The van der Waals surface area contributed by atoms with Gasteiger partial charge in [-0.05, 0) is 18.2 Å². The summed E-state index contributed by atoms with van der Waals surface area (Å²) in [5.74, 6) is -1.22. The molecule has 1 aromatic heterocycles. The van der Waals surface area contributed by atoms with Gasteiger partial charge in [0.2, 0.25) is 0 Å². The fourth-order valence-corrected chi connectivity index (χ4v) is 1.65. The van der Waals surface area contributed by atoms with Crippen LogP contribution in [0, 0.1) is 5.82 Å². The molecule has 1 N–H and O–H groups in total. The Balaban J connectivity index is 2.21. The van der Waals surface area contributed by atoms with E-state index in [0.717, 1.165) is 17.6 Å². The molecule has 0 bridgehead atoms. The average Bonchev–Trinajstić information content (AvgIpc) is 2.70. The van der Waals surface area contributed by atoms with Crippen molar-refractivity contribution in [2.45, 2.75) is 0 Å². The van der Waals surface area contributed by atoms with Gasteiger partial charge in [0.15, 0.2) is 0 Å². The summed E-state index contributed by atoms with van der Waals surface area (Å²) in [5, 5.41) is 6.72. The summed E-state index contributed by atoms with van der Waals surface area (Å²) in [6.45, 7) is 0. The van der Waals surface area contributed by atoms with Gasteiger partial charge in [-0.1, -0.05) is 16.1 Å². The molecule has 0 aliphatic heterocycles. The maximum Gasteiger partial charge on any atom is 0.259 e. The summed E-state index contributed by atoms with van der Waals surface area (Å²) in [5.41, 5.74) is -0.0715. The highest BCUT2D eigenvalue weighted by Gasteiger charge is 2.12. The van der Waals surface area contributed by atoms with Crippen molar-refractivity contribution >= 4 is 34.0 Å². The van der Waals surface area contributed by atoms with Crippen LogP contribution in [0.3, 0.4) is 0 Å². The van der Waals surface area contributed by atoms with Gasteiger partial charge in [-0.15, -0.1) is 5.10 Å². The Morgan fingerprint density at radius 2 is 2.31 bits per heavy atom. The molecule has 1 heterocycles. The van der Waals surface area contributed by atoms with Gasteiger partial charge in [0.05, 0.1) is 11.8 Å². The fourth-order valence-electron chi connectivity index (χ4n) is 1.08. The number of carbonyl (C=O) groups excluding carboxylic acids is 1. The average molecular weight is 258 g/mol. The predicted molar refractivity (Wildman–Crippen MR) is 59.3 cm³/mol. The normalized spacial score (nSPS) is 10.1. The number of benzene rings is 1. The van der Waals surface area contributed by atoms with E-state index in [1.807, 2.05) is 0 Å². The van der Waals surface area contributed by atoms with Gasteiger partial charge in [0, 0.05) is 16.6 Å². The first-order valence-electron chi connectivity index (χ1n) is 4.20. The minimum atomic E-state index is -0.664. The van der Waals surface area contributed by atoms with Gasteiger partial charge in [-0.2, -0.15) is 0 Å². The zero-order valence-electron chi connectivity index (χ0n) is 7.78. The third-order valence-corrected chi connectivity index (χ3v) is 2.59. The highest BCUT2D eigenvalue weighted by molar-refractivity contribution is 7.10. The van der Waals surface area contributed by atoms with E-state index < -0.39 is 11.7 Å². The van der Waals surface area contributed by atoms with E-state index in [2.05, 4.69) is 14.9 Å². The highest BCUT2D eigenvalue weighted by Crippen LogP contribution is 2.17. The lowest BCUT2D eigenvalue weighted by molar-refractivity contribution is 0.102. The minimum Gasteiger partial charge on any atom is -0.311 e. The van der Waals surface area contributed by atoms with Gasteiger partial charge in [-0.25, -0.2) is 4.39 Å². The Bertz CT molecular complexity index is 517. The van der Waals surface area contributed by atoms with Gasteiger partial charge in [0.25, 0.3) is 5.91 Å². The van der Waals surface area contributed by atoms with Gasteiger partial charge in [-0.3, -0.25) is 4.79 Å². The molecule has 0 saturated heterocycles. The predicted octanol–water partition coefficient (Wildman–Crippen LogP) is 2.58. The SMILES string of the molecule is O=C(Nc1cnns1)c1ccc(Cl)cc1F. The summed E-state index contributed by atoms with van der Waals surface area (Å²) in [7, 11) is 0. The van der Waals surface area contributed by atoms with Gasteiger partial charge in [0.1, 0.15) is 10.8 Å². The number of amides is 1. The number of hydrogen-bond donors (Lipinski definition) is 1. The second kappa shape index (κ2) is 4.54. The molecule has 4 nitrogen and oxygen atoms in total. The van der Waals surface area contributed by atoms with Crippen molar-refractivity contribution < 1.29 is 9.18 Å². The molecule has 0 aliphatic carbocycles. The molecule has 0 radical (unpaired) electrons. The van der Waals surface area contributed by atoms with Crippen molar-refractivity contribution in [3.8, 4) is 0 Å². The zero-order valence-corrected chi connectivity index (χ0v) is 9.35. The van der Waals surface area contributed by atoms with E-state index in [1.54, 1.807) is 0 Å².